The summed E-state index contributed by atoms with van der Waals surface area (Å²) in [6.45, 7) is 5.76. The van der Waals surface area contributed by atoms with Crippen molar-refractivity contribution in [2.75, 3.05) is 13.1 Å². The average molecular weight is 421 g/mol. The second kappa shape index (κ2) is 8.08. The number of piperidine rings is 1. The summed E-state index contributed by atoms with van der Waals surface area (Å²) in [6, 6.07) is 4.34. The van der Waals surface area contributed by atoms with Crippen molar-refractivity contribution in [1.29, 1.82) is 0 Å². The van der Waals surface area contributed by atoms with Crippen LogP contribution in [0.2, 0.25) is 0 Å². The van der Waals surface area contributed by atoms with Gasteiger partial charge in [-0.15, -0.1) is 0 Å². The molecule has 0 aliphatic carbocycles. The van der Waals surface area contributed by atoms with E-state index in [4.69, 9.17) is 0 Å². The summed E-state index contributed by atoms with van der Waals surface area (Å²) >= 11 is 0. The molecular weight excluding hydrogens is 397 g/mol. The molecule has 0 saturated carbocycles. The van der Waals surface area contributed by atoms with Crippen molar-refractivity contribution < 1.29 is 22.4 Å². The summed E-state index contributed by atoms with van der Waals surface area (Å²) in [5, 5.41) is 0. The van der Waals surface area contributed by atoms with Gasteiger partial charge < -0.3 is 9.88 Å². The monoisotopic (exact) mass is 421 g/mol. The minimum absolute atomic E-state index is 0.00616. The van der Waals surface area contributed by atoms with Gasteiger partial charge in [-0.2, -0.15) is 0 Å². The zero-order chi connectivity index (χ0) is 21.3. The van der Waals surface area contributed by atoms with E-state index in [2.05, 4.69) is 9.71 Å². The molecule has 1 fully saturated rings. The van der Waals surface area contributed by atoms with Crippen molar-refractivity contribution in [2.24, 2.45) is 0 Å². The van der Waals surface area contributed by atoms with Gasteiger partial charge >= 0.3 is 0 Å². The molecule has 1 aromatic heterocycles. The number of H-pyrrole nitrogens is 1. The Morgan fingerprint density at radius 1 is 1.14 bits per heavy atom. The summed E-state index contributed by atoms with van der Waals surface area (Å²) < 4.78 is 40.5. The van der Waals surface area contributed by atoms with Crippen molar-refractivity contribution >= 4 is 21.7 Å². The maximum absolute atomic E-state index is 13.0. The third-order valence-corrected chi connectivity index (χ3v) is 6.77. The Balaban J connectivity index is 1.65. The summed E-state index contributed by atoms with van der Waals surface area (Å²) in [5.74, 6) is -0.791. The molecule has 1 saturated heterocycles. The average Bonchev–Trinajstić information content (AvgIpc) is 2.96. The van der Waals surface area contributed by atoms with Crippen LogP contribution in [0.15, 0.2) is 29.2 Å². The second-order valence-electron chi connectivity index (χ2n) is 7.32. The van der Waals surface area contributed by atoms with E-state index >= 15 is 0 Å². The van der Waals surface area contributed by atoms with E-state index in [0.717, 1.165) is 12.1 Å². The van der Waals surface area contributed by atoms with Crippen molar-refractivity contribution in [3.63, 3.8) is 0 Å². The van der Waals surface area contributed by atoms with Gasteiger partial charge in [-0.05, 0) is 63.4 Å². The molecule has 0 spiro atoms. The molecule has 7 nitrogen and oxygen atoms in total. The number of aromatic amines is 1. The predicted molar refractivity (Wildman–Crippen MR) is 106 cm³/mol. The van der Waals surface area contributed by atoms with Crippen molar-refractivity contribution in [1.82, 2.24) is 14.6 Å². The van der Waals surface area contributed by atoms with Crippen LogP contribution in [0, 0.1) is 19.7 Å². The highest BCUT2D eigenvalue weighted by Gasteiger charge is 2.29. The lowest BCUT2D eigenvalue weighted by Crippen LogP contribution is -2.46. The Bertz CT molecular complexity index is 1040. The molecule has 0 bridgehead atoms. The van der Waals surface area contributed by atoms with E-state index in [-0.39, 0.29) is 22.6 Å². The van der Waals surface area contributed by atoms with Gasteiger partial charge in [0, 0.05) is 30.4 Å². The van der Waals surface area contributed by atoms with Crippen LogP contribution in [0.1, 0.15) is 51.9 Å². The SMILES string of the molecule is CC(=O)c1c(C)[nH]c(C(=O)N2CCC(NS(=O)(=O)c3ccc(F)cc3)CC2)c1C. The maximum atomic E-state index is 13.0. The van der Waals surface area contributed by atoms with Crippen LogP contribution in [-0.4, -0.2) is 49.1 Å². The summed E-state index contributed by atoms with van der Waals surface area (Å²) in [7, 11) is -3.75. The smallest absolute Gasteiger partial charge is 0.270 e. The quantitative estimate of drug-likeness (QED) is 0.725. The summed E-state index contributed by atoms with van der Waals surface area (Å²) in [4.78, 5) is 29.3. The number of hydrogen-bond acceptors (Lipinski definition) is 4. The van der Waals surface area contributed by atoms with Gasteiger partial charge in [-0.3, -0.25) is 9.59 Å². The fourth-order valence-corrected chi connectivity index (χ4v) is 5.06. The lowest BCUT2D eigenvalue weighted by molar-refractivity contribution is 0.0705. The largest absolute Gasteiger partial charge is 0.354 e. The predicted octanol–water partition coefficient (Wildman–Crippen LogP) is 2.56. The van der Waals surface area contributed by atoms with E-state index in [1.54, 1.807) is 18.7 Å². The van der Waals surface area contributed by atoms with Gasteiger partial charge in [0.05, 0.1) is 4.90 Å². The first-order chi connectivity index (χ1) is 13.6. The number of Topliss-reactive ketones (excluding diaryl/α,β-unsaturated/α-hetero) is 1. The summed E-state index contributed by atoms with van der Waals surface area (Å²) in [5.41, 5.74) is 2.24. The number of sulfonamides is 1. The Kier molecular flexibility index (Phi) is 5.90. The lowest BCUT2D eigenvalue weighted by Gasteiger charge is -2.32. The van der Waals surface area contributed by atoms with Crippen molar-refractivity contribution in [3.8, 4) is 0 Å². The molecular formula is C20H24FN3O4S. The molecule has 1 aliphatic heterocycles. The minimum Gasteiger partial charge on any atom is -0.354 e. The lowest BCUT2D eigenvalue weighted by atomic mass is 10.0. The molecule has 0 atom stereocenters. The van der Waals surface area contributed by atoms with Crippen molar-refractivity contribution in [3.05, 3.63) is 52.6 Å². The number of aryl methyl sites for hydroxylation is 1. The Morgan fingerprint density at radius 3 is 2.24 bits per heavy atom. The highest BCUT2D eigenvalue weighted by molar-refractivity contribution is 7.89. The molecule has 156 valence electrons. The number of carbonyl (C=O) groups is 2. The van der Waals surface area contributed by atoms with Crippen molar-refractivity contribution in [2.45, 2.75) is 44.6 Å². The van der Waals surface area contributed by atoms with Crippen LogP contribution in [-0.2, 0) is 10.0 Å². The molecule has 1 amide bonds. The van der Waals surface area contributed by atoms with Gasteiger partial charge in [0.25, 0.3) is 5.91 Å². The normalized spacial score (nSPS) is 15.5. The molecule has 2 heterocycles. The van der Waals surface area contributed by atoms with Crippen LogP contribution in [0.25, 0.3) is 0 Å². The molecule has 0 radical (unpaired) electrons. The van der Waals surface area contributed by atoms with Crippen LogP contribution in [0.3, 0.4) is 0 Å². The number of ketones is 1. The molecule has 3 rings (SSSR count). The Labute approximate surface area is 169 Å². The highest BCUT2D eigenvalue weighted by atomic mass is 32.2. The van der Waals surface area contributed by atoms with E-state index < -0.39 is 15.8 Å². The number of nitrogens with one attached hydrogen (secondary N) is 2. The molecule has 29 heavy (non-hydrogen) atoms. The van der Waals surface area contributed by atoms with Gasteiger partial charge in [-0.1, -0.05) is 0 Å². The Hall–Kier alpha value is -2.52. The van der Waals surface area contributed by atoms with E-state index in [0.29, 0.717) is 48.4 Å². The zero-order valence-corrected chi connectivity index (χ0v) is 17.4. The van der Waals surface area contributed by atoms with Gasteiger partial charge in [0.1, 0.15) is 11.5 Å². The van der Waals surface area contributed by atoms with Crippen LogP contribution >= 0.6 is 0 Å². The number of hydrogen-bond donors (Lipinski definition) is 2. The number of halogens is 1. The molecule has 2 N–H and O–H groups in total. The fraction of sp³-hybridized carbons (Fsp3) is 0.400. The number of aromatic nitrogens is 1. The Morgan fingerprint density at radius 2 is 1.72 bits per heavy atom. The molecule has 9 heteroatoms. The molecule has 1 aromatic carbocycles. The number of benzene rings is 1. The molecule has 2 aromatic rings. The van der Waals surface area contributed by atoms with Gasteiger partial charge in [-0.25, -0.2) is 17.5 Å². The van der Waals surface area contributed by atoms with Gasteiger partial charge in [0.2, 0.25) is 10.0 Å². The fourth-order valence-electron chi connectivity index (χ4n) is 3.75. The van der Waals surface area contributed by atoms with E-state index in [9.17, 15) is 22.4 Å². The number of carbonyl (C=O) groups excluding carboxylic acids is 2. The maximum Gasteiger partial charge on any atom is 0.270 e. The number of nitrogens with zero attached hydrogens (tertiary/aromatic N) is 1. The zero-order valence-electron chi connectivity index (χ0n) is 16.6. The third kappa shape index (κ3) is 4.40. The summed E-state index contributed by atoms with van der Waals surface area (Å²) in [6.07, 6.45) is 0.926. The van der Waals surface area contributed by atoms with E-state index in [1.165, 1.54) is 19.1 Å². The highest BCUT2D eigenvalue weighted by Crippen LogP contribution is 2.22. The third-order valence-electron chi connectivity index (χ3n) is 5.23. The van der Waals surface area contributed by atoms with Crippen LogP contribution < -0.4 is 4.72 Å². The number of rotatable bonds is 5. The second-order valence-corrected chi connectivity index (χ2v) is 9.04. The first kappa shape index (κ1) is 21.2. The van der Waals surface area contributed by atoms with Gasteiger partial charge in [0.15, 0.2) is 5.78 Å². The minimum atomic E-state index is -3.75. The standard InChI is InChI=1S/C20H24FN3O4S/c1-12-18(14(3)25)13(2)22-19(12)20(26)24-10-8-16(9-11-24)23-29(27,28)17-6-4-15(21)5-7-17/h4-7,16,22-23H,8-11H2,1-3H3. The first-order valence-electron chi connectivity index (χ1n) is 9.37. The molecule has 1 aliphatic rings. The van der Waals surface area contributed by atoms with Crippen LogP contribution in [0.5, 0.6) is 0 Å². The number of amides is 1. The van der Waals surface area contributed by atoms with E-state index in [1.807, 2.05) is 0 Å². The van der Waals surface area contributed by atoms with Crippen LogP contribution in [0.4, 0.5) is 4.39 Å². The number of likely N-dealkylation sites (tertiary alicyclic amines) is 1. The topological polar surface area (TPSA) is 99.3 Å². The molecule has 0 unspecified atom stereocenters. The first-order valence-corrected chi connectivity index (χ1v) is 10.9.